The fourth-order valence-corrected chi connectivity index (χ4v) is 2.23. The van der Waals surface area contributed by atoms with E-state index in [1.807, 2.05) is 24.3 Å². The Hall–Kier alpha value is -3.55. The quantitative estimate of drug-likeness (QED) is 0.493. The van der Waals surface area contributed by atoms with Crippen LogP contribution in [0.4, 0.5) is 11.8 Å². The lowest BCUT2D eigenvalue weighted by atomic mass is 10.1. The molecule has 0 aliphatic heterocycles. The van der Waals surface area contributed by atoms with Crippen LogP contribution in [-0.4, -0.2) is 29.5 Å². The minimum absolute atomic E-state index is 0.0537. The van der Waals surface area contributed by atoms with Gasteiger partial charge in [-0.15, -0.1) is 0 Å². The molecule has 1 aromatic carbocycles. The minimum Gasteiger partial charge on any atom is -0.497 e. The van der Waals surface area contributed by atoms with E-state index < -0.39 is 0 Å². The largest absolute Gasteiger partial charge is 0.497 e. The standard InChI is InChI=1S/C18H19N5O3/c1-24-13-6-4-12(5-7-13)8-10-26-16-11-15(22-18(20)23-16)21-17(19)14-3-2-9-25-14/h2-7,9,11H,8,10H2,1H3,(H4,19,20,21,22,23). The fourth-order valence-electron chi connectivity index (χ4n) is 2.23. The Morgan fingerprint density at radius 2 is 2.00 bits per heavy atom. The van der Waals surface area contributed by atoms with Gasteiger partial charge in [0.2, 0.25) is 11.8 Å². The summed E-state index contributed by atoms with van der Waals surface area (Å²) in [5.41, 5.74) is 12.7. The molecule has 0 fully saturated rings. The molecule has 0 saturated carbocycles. The third kappa shape index (κ3) is 4.50. The molecular weight excluding hydrogens is 334 g/mol. The molecule has 0 aliphatic carbocycles. The van der Waals surface area contributed by atoms with E-state index in [9.17, 15) is 0 Å². The van der Waals surface area contributed by atoms with Crippen LogP contribution in [0.3, 0.4) is 0 Å². The Balaban J connectivity index is 1.64. The Morgan fingerprint density at radius 3 is 2.69 bits per heavy atom. The lowest BCUT2D eigenvalue weighted by Gasteiger charge is -2.07. The van der Waals surface area contributed by atoms with Crippen LogP contribution in [0.15, 0.2) is 58.1 Å². The van der Waals surface area contributed by atoms with Gasteiger partial charge in [0, 0.05) is 12.5 Å². The zero-order chi connectivity index (χ0) is 18.4. The summed E-state index contributed by atoms with van der Waals surface area (Å²) in [7, 11) is 1.64. The zero-order valence-electron chi connectivity index (χ0n) is 14.3. The molecule has 3 rings (SSSR count). The third-order valence-corrected chi connectivity index (χ3v) is 3.51. The first kappa shape index (κ1) is 17.3. The predicted molar refractivity (Wildman–Crippen MR) is 97.7 cm³/mol. The van der Waals surface area contributed by atoms with E-state index in [-0.39, 0.29) is 11.8 Å². The van der Waals surface area contributed by atoms with E-state index in [0.717, 1.165) is 11.3 Å². The third-order valence-electron chi connectivity index (χ3n) is 3.51. The van der Waals surface area contributed by atoms with Crippen LogP contribution in [0.2, 0.25) is 0 Å². The highest BCUT2D eigenvalue weighted by Crippen LogP contribution is 2.19. The lowest BCUT2D eigenvalue weighted by molar-refractivity contribution is 0.309. The van der Waals surface area contributed by atoms with Gasteiger partial charge in [-0.3, -0.25) is 0 Å². The van der Waals surface area contributed by atoms with Crippen molar-refractivity contribution in [3.8, 4) is 11.6 Å². The second-order valence-electron chi connectivity index (χ2n) is 5.34. The van der Waals surface area contributed by atoms with Gasteiger partial charge in [0.15, 0.2) is 17.4 Å². The van der Waals surface area contributed by atoms with Gasteiger partial charge in [-0.05, 0) is 29.8 Å². The van der Waals surface area contributed by atoms with Crippen LogP contribution in [0, 0.1) is 0 Å². The molecule has 26 heavy (non-hydrogen) atoms. The number of nitrogen functional groups attached to an aromatic ring is 1. The lowest BCUT2D eigenvalue weighted by Crippen LogP contribution is -2.12. The van der Waals surface area contributed by atoms with E-state index in [2.05, 4.69) is 15.0 Å². The second kappa shape index (κ2) is 8.02. The van der Waals surface area contributed by atoms with Gasteiger partial charge in [0.25, 0.3) is 0 Å². The highest BCUT2D eigenvalue weighted by molar-refractivity contribution is 5.96. The van der Waals surface area contributed by atoms with Crippen molar-refractivity contribution in [3.05, 3.63) is 60.1 Å². The molecule has 134 valence electrons. The first-order valence-corrected chi connectivity index (χ1v) is 7.92. The van der Waals surface area contributed by atoms with Crippen molar-refractivity contribution in [2.75, 3.05) is 19.5 Å². The molecule has 0 saturated heterocycles. The summed E-state index contributed by atoms with van der Waals surface area (Å²) in [5.74, 6) is 2.14. The maximum Gasteiger partial charge on any atom is 0.225 e. The molecule has 0 atom stereocenters. The number of hydrogen-bond acceptors (Lipinski definition) is 7. The van der Waals surface area contributed by atoms with Crippen LogP contribution in [0.5, 0.6) is 11.6 Å². The molecule has 0 amide bonds. The number of amidine groups is 1. The molecule has 8 heteroatoms. The Bertz CT molecular complexity index is 876. The number of aromatic nitrogens is 2. The van der Waals surface area contributed by atoms with Crippen molar-refractivity contribution in [3.63, 3.8) is 0 Å². The first-order chi connectivity index (χ1) is 12.6. The molecule has 0 spiro atoms. The average Bonchev–Trinajstić information content (AvgIpc) is 3.17. The van der Waals surface area contributed by atoms with E-state index in [0.29, 0.717) is 30.5 Å². The minimum atomic E-state index is 0.0537. The maximum atomic E-state index is 5.88. The fraction of sp³-hybridized carbons (Fsp3) is 0.167. The first-order valence-electron chi connectivity index (χ1n) is 7.92. The number of anilines is 1. The molecule has 8 nitrogen and oxygen atoms in total. The number of methoxy groups -OCH3 is 1. The van der Waals surface area contributed by atoms with Gasteiger partial charge in [-0.1, -0.05) is 12.1 Å². The van der Waals surface area contributed by atoms with Gasteiger partial charge in [-0.25, -0.2) is 4.99 Å². The number of aliphatic imine (C=N–C) groups is 1. The topological polar surface area (TPSA) is 122 Å². The number of hydrogen-bond donors (Lipinski definition) is 2. The highest BCUT2D eigenvalue weighted by atomic mass is 16.5. The summed E-state index contributed by atoms with van der Waals surface area (Å²) >= 11 is 0. The molecular formula is C18H19N5O3. The van der Waals surface area contributed by atoms with E-state index in [4.69, 9.17) is 25.4 Å². The Kier molecular flexibility index (Phi) is 5.33. The summed E-state index contributed by atoms with van der Waals surface area (Å²) in [6.45, 7) is 0.430. The van der Waals surface area contributed by atoms with E-state index in [1.54, 1.807) is 25.3 Å². The van der Waals surface area contributed by atoms with Gasteiger partial charge in [0.05, 0.1) is 20.0 Å². The smallest absolute Gasteiger partial charge is 0.225 e. The number of furan rings is 1. The summed E-state index contributed by atoms with van der Waals surface area (Å²) in [5, 5.41) is 0. The molecule has 2 aromatic heterocycles. The molecule has 4 N–H and O–H groups in total. The van der Waals surface area contributed by atoms with Crippen molar-refractivity contribution < 1.29 is 13.9 Å². The Morgan fingerprint density at radius 1 is 1.19 bits per heavy atom. The van der Waals surface area contributed by atoms with Crippen molar-refractivity contribution in [2.45, 2.75) is 6.42 Å². The van der Waals surface area contributed by atoms with Crippen molar-refractivity contribution in [2.24, 2.45) is 10.7 Å². The van der Waals surface area contributed by atoms with Gasteiger partial charge >= 0.3 is 0 Å². The predicted octanol–water partition coefficient (Wildman–Crippen LogP) is 2.32. The molecule has 0 bridgehead atoms. The monoisotopic (exact) mass is 353 g/mol. The number of nitrogens with two attached hydrogens (primary N) is 2. The van der Waals surface area contributed by atoms with Gasteiger partial charge in [0.1, 0.15) is 5.75 Å². The Labute approximate surface area is 150 Å². The summed E-state index contributed by atoms with van der Waals surface area (Å²) in [6.07, 6.45) is 2.22. The van der Waals surface area contributed by atoms with E-state index >= 15 is 0 Å². The zero-order valence-corrected chi connectivity index (χ0v) is 14.3. The number of benzene rings is 1. The second-order valence-corrected chi connectivity index (χ2v) is 5.34. The van der Waals surface area contributed by atoms with Gasteiger partial charge in [-0.2, -0.15) is 9.97 Å². The van der Waals surface area contributed by atoms with Crippen molar-refractivity contribution >= 4 is 17.6 Å². The van der Waals surface area contributed by atoms with Crippen LogP contribution in [0.25, 0.3) is 0 Å². The molecule has 0 radical (unpaired) electrons. The molecule has 0 aliphatic rings. The normalized spacial score (nSPS) is 11.3. The number of nitrogens with zero attached hydrogens (tertiary/aromatic N) is 3. The van der Waals surface area contributed by atoms with Gasteiger partial charge < -0.3 is 25.4 Å². The molecule has 0 unspecified atom stereocenters. The highest BCUT2D eigenvalue weighted by Gasteiger charge is 2.06. The molecule has 2 heterocycles. The number of ether oxygens (including phenoxy) is 2. The summed E-state index contributed by atoms with van der Waals surface area (Å²) < 4.78 is 16.0. The van der Waals surface area contributed by atoms with Crippen LogP contribution < -0.4 is 20.9 Å². The summed E-state index contributed by atoms with van der Waals surface area (Å²) in [4.78, 5) is 12.3. The maximum absolute atomic E-state index is 5.88. The average molecular weight is 353 g/mol. The SMILES string of the molecule is COc1ccc(CCOc2cc(/N=C(\N)c3ccco3)nc(N)n2)cc1. The summed E-state index contributed by atoms with van der Waals surface area (Å²) in [6, 6.07) is 12.8. The van der Waals surface area contributed by atoms with Crippen LogP contribution in [-0.2, 0) is 6.42 Å². The van der Waals surface area contributed by atoms with E-state index in [1.165, 1.54) is 6.26 Å². The van der Waals surface area contributed by atoms with Crippen LogP contribution >= 0.6 is 0 Å². The van der Waals surface area contributed by atoms with Crippen molar-refractivity contribution in [1.29, 1.82) is 0 Å². The van der Waals surface area contributed by atoms with Crippen molar-refractivity contribution in [1.82, 2.24) is 9.97 Å². The van der Waals surface area contributed by atoms with Crippen LogP contribution in [0.1, 0.15) is 11.3 Å². The molecule has 3 aromatic rings. The number of rotatable bonds is 7.